The molecule has 18 heavy (non-hydrogen) atoms. The van der Waals surface area contributed by atoms with Gasteiger partial charge in [0.05, 0.1) is 11.2 Å². The minimum atomic E-state index is 0.752. The van der Waals surface area contributed by atoms with Crippen molar-refractivity contribution in [2.75, 3.05) is 0 Å². The molecule has 0 aliphatic rings. The van der Waals surface area contributed by atoms with Crippen LogP contribution in [0.25, 0.3) is 17.2 Å². The highest BCUT2D eigenvalue weighted by molar-refractivity contribution is 7.09. The summed E-state index contributed by atoms with van der Waals surface area (Å²) in [6.07, 6.45) is 4.66. The molecule has 92 valence electrons. The van der Waals surface area contributed by atoms with Gasteiger partial charge in [-0.05, 0) is 6.42 Å². The zero-order valence-electron chi connectivity index (χ0n) is 10.1. The number of aryl methyl sites for hydroxylation is 2. The Hall–Kier alpha value is -2.02. The highest BCUT2D eigenvalue weighted by Gasteiger charge is 2.09. The molecular weight excluding hydrogens is 248 g/mol. The summed E-state index contributed by atoms with van der Waals surface area (Å²) in [4.78, 5) is 4.49. The van der Waals surface area contributed by atoms with E-state index in [1.54, 1.807) is 20.7 Å². The van der Waals surface area contributed by atoms with Gasteiger partial charge >= 0.3 is 0 Å². The minimum absolute atomic E-state index is 0.752. The normalized spacial score (nSPS) is 11.0. The summed E-state index contributed by atoms with van der Waals surface area (Å²) in [7, 11) is 1.87. The molecule has 0 saturated carbocycles. The van der Waals surface area contributed by atoms with Crippen molar-refractivity contribution in [2.24, 2.45) is 7.05 Å². The van der Waals surface area contributed by atoms with Crippen molar-refractivity contribution >= 4 is 11.3 Å². The Kier molecular flexibility index (Phi) is 2.67. The van der Waals surface area contributed by atoms with Gasteiger partial charge in [-0.3, -0.25) is 4.68 Å². The lowest BCUT2D eigenvalue weighted by Gasteiger charge is -1.91. The topological polar surface area (TPSA) is 61.4 Å². The van der Waals surface area contributed by atoms with E-state index in [1.807, 2.05) is 30.9 Å². The van der Waals surface area contributed by atoms with E-state index in [0.717, 1.165) is 28.6 Å². The summed E-state index contributed by atoms with van der Waals surface area (Å²) in [6, 6.07) is 1.89. The van der Waals surface area contributed by atoms with Crippen molar-refractivity contribution in [3.63, 3.8) is 0 Å². The molecule has 3 aromatic heterocycles. The molecule has 0 N–H and O–H groups in total. The van der Waals surface area contributed by atoms with Crippen molar-refractivity contribution in [1.82, 2.24) is 29.8 Å². The first kappa shape index (κ1) is 11.1. The quantitative estimate of drug-likeness (QED) is 0.719. The van der Waals surface area contributed by atoms with Gasteiger partial charge in [0.15, 0.2) is 5.82 Å². The largest absolute Gasteiger partial charge is 0.274 e. The van der Waals surface area contributed by atoms with Crippen LogP contribution in [0.1, 0.15) is 11.9 Å². The standard InChI is InChI=1S/C11H12N6S/c1-3-11-12-9(7-18-11)8-6-17(15-13-8)10-4-5-16(2)14-10/h4-7H,3H2,1-2H3. The second-order valence-electron chi connectivity index (χ2n) is 3.88. The molecule has 3 aromatic rings. The lowest BCUT2D eigenvalue weighted by atomic mass is 10.4. The van der Waals surface area contributed by atoms with Gasteiger partial charge in [0.1, 0.15) is 11.4 Å². The van der Waals surface area contributed by atoms with Crippen molar-refractivity contribution in [3.05, 3.63) is 28.8 Å². The van der Waals surface area contributed by atoms with E-state index < -0.39 is 0 Å². The molecular formula is C11H12N6S. The molecule has 3 heterocycles. The number of aromatic nitrogens is 6. The summed E-state index contributed by atoms with van der Waals surface area (Å²) in [5.41, 5.74) is 1.65. The summed E-state index contributed by atoms with van der Waals surface area (Å²) in [5.74, 6) is 0.752. The summed E-state index contributed by atoms with van der Waals surface area (Å²) in [6.45, 7) is 2.09. The van der Waals surface area contributed by atoms with Crippen LogP contribution in [0, 0.1) is 0 Å². The van der Waals surface area contributed by atoms with Crippen molar-refractivity contribution in [1.29, 1.82) is 0 Å². The maximum Gasteiger partial charge on any atom is 0.176 e. The van der Waals surface area contributed by atoms with Gasteiger partial charge in [-0.25, -0.2) is 4.98 Å². The Morgan fingerprint density at radius 3 is 2.89 bits per heavy atom. The Morgan fingerprint density at radius 1 is 1.33 bits per heavy atom. The number of hydrogen-bond acceptors (Lipinski definition) is 5. The number of nitrogens with zero attached hydrogens (tertiary/aromatic N) is 6. The Balaban J connectivity index is 1.93. The molecule has 0 unspecified atom stereocenters. The van der Waals surface area contributed by atoms with Crippen molar-refractivity contribution in [2.45, 2.75) is 13.3 Å². The van der Waals surface area contributed by atoms with Crippen LogP contribution in [0.3, 0.4) is 0 Å². The minimum Gasteiger partial charge on any atom is -0.274 e. The van der Waals surface area contributed by atoms with Gasteiger partial charge in [0, 0.05) is 24.7 Å². The highest BCUT2D eigenvalue weighted by Crippen LogP contribution is 2.20. The molecule has 6 nitrogen and oxygen atoms in total. The van der Waals surface area contributed by atoms with Crippen LogP contribution in [0.15, 0.2) is 23.8 Å². The van der Waals surface area contributed by atoms with Crippen LogP contribution < -0.4 is 0 Å². The summed E-state index contributed by atoms with van der Waals surface area (Å²) in [5, 5.41) is 15.6. The molecule has 0 aliphatic carbocycles. The van der Waals surface area contributed by atoms with Gasteiger partial charge in [0.2, 0.25) is 0 Å². The molecule has 0 aliphatic heterocycles. The lowest BCUT2D eigenvalue weighted by Crippen LogP contribution is -1.97. The third-order valence-corrected chi connectivity index (χ3v) is 3.54. The van der Waals surface area contributed by atoms with E-state index in [0.29, 0.717) is 0 Å². The first-order valence-electron chi connectivity index (χ1n) is 5.63. The Bertz CT molecular complexity index is 664. The number of hydrogen-bond donors (Lipinski definition) is 0. The average Bonchev–Trinajstić information content (AvgIpc) is 3.07. The van der Waals surface area contributed by atoms with E-state index >= 15 is 0 Å². The second-order valence-corrected chi connectivity index (χ2v) is 4.82. The van der Waals surface area contributed by atoms with Crippen LogP contribution in [-0.2, 0) is 13.5 Å². The van der Waals surface area contributed by atoms with Gasteiger partial charge in [-0.15, -0.1) is 16.4 Å². The first-order valence-corrected chi connectivity index (χ1v) is 6.51. The van der Waals surface area contributed by atoms with Gasteiger partial charge in [0.25, 0.3) is 0 Å². The molecule has 0 bridgehead atoms. The predicted molar refractivity (Wildman–Crippen MR) is 68.6 cm³/mol. The van der Waals surface area contributed by atoms with Crippen LogP contribution in [0.2, 0.25) is 0 Å². The van der Waals surface area contributed by atoms with E-state index in [4.69, 9.17) is 0 Å². The van der Waals surface area contributed by atoms with Crippen LogP contribution >= 0.6 is 11.3 Å². The molecule has 0 amide bonds. The SMILES string of the molecule is CCc1nc(-c2cn(-c3ccn(C)n3)nn2)cs1. The molecule has 0 aromatic carbocycles. The Morgan fingerprint density at radius 2 is 2.22 bits per heavy atom. The highest BCUT2D eigenvalue weighted by atomic mass is 32.1. The van der Waals surface area contributed by atoms with Gasteiger partial charge < -0.3 is 0 Å². The fourth-order valence-electron chi connectivity index (χ4n) is 1.61. The molecule has 7 heteroatoms. The molecule has 0 saturated heterocycles. The predicted octanol–water partition coefficient (Wildman–Crippen LogP) is 1.69. The maximum absolute atomic E-state index is 4.49. The number of rotatable bonds is 3. The first-order chi connectivity index (χ1) is 8.76. The molecule has 3 rings (SSSR count). The average molecular weight is 260 g/mol. The van der Waals surface area contributed by atoms with Crippen LogP contribution in [-0.4, -0.2) is 29.8 Å². The van der Waals surface area contributed by atoms with Gasteiger partial charge in [-0.1, -0.05) is 12.1 Å². The number of thiazole rings is 1. The van der Waals surface area contributed by atoms with Crippen LogP contribution in [0.4, 0.5) is 0 Å². The Labute approximate surface area is 108 Å². The molecule has 0 radical (unpaired) electrons. The molecule has 0 atom stereocenters. The van der Waals surface area contributed by atoms with Gasteiger partial charge in [-0.2, -0.15) is 9.78 Å². The van der Waals surface area contributed by atoms with E-state index in [2.05, 4.69) is 27.3 Å². The fraction of sp³-hybridized carbons (Fsp3) is 0.273. The lowest BCUT2D eigenvalue weighted by molar-refractivity contribution is 0.715. The van der Waals surface area contributed by atoms with Crippen molar-refractivity contribution in [3.8, 4) is 17.2 Å². The zero-order chi connectivity index (χ0) is 12.5. The zero-order valence-corrected chi connectivity index (χ0v) is 10.9. The maximum atomic E-state index is 4.49. The summed E-state index contributed by atoms with van der Waals surface area (Å²) < 4.78 is 3.38. The second kappa shape index (κ2) is 4.34. The van der Waals surface area contributed by atoms with E-state index in [-0.39, 0.29) is 0 Å². The summed E-state index contributed by atoms with van der Waals surface area (Å²) >= 11 is 1.65. The third-order valence-electron chi connectivity index (χ3n) is 2.54. The van der Waals surface area contributed by atoms with Crippen LogP contribution in [0.5, 0.6) is 0 Å². The van der Waals surface area contributed by atoms with E-state index in [9.17, 15) is 0 Å². The fourth-order valence-corrected chi connectivity index (χ4v) is 2.35. The van der Waals surface area contributed by atoms with Crippen molar-refractivity contribution < 1.29 is 0 Å². The molecule has 0 spiro atoms. The third kappa shape index (κ3) is 1.92. The smallest absolute Gasteiger partial charge is 0.176 e. The molecule has 0 fully saturated rings. The van der Waals surface area contributed by atoms with E-state index in [1.165, 1.54) is 0 Å². The monoisotopic (exact) mass is 260 g/mol.